The quantitative estimate of drug-likeness (QED) is 0.571. The highest BCUT2D eigenvalue weighted by atomic mass is 16.7. The van der Waals surface area contributed by atoms with Crippen LogP contribution in [0.25, 0.3) is 0 Å². The van der Waals surface area contributed by atoms with Gasteiger partial charge < -0.3 is 18.8 Å². The number of hydrogen-bond donors (Lipinski definition) is 0. The maximum Gasteiger partial charge on any atom is 0.468 e. The van der Waals surface area contributed by atoms with Crippen molar-refractivity contribution >= 4 is 7.12 Å². The van der Waals surface area contributed by atoms with Crippen molar-refractivity contribution < 1.29 is 18.8 Å². The second-order valence-electron chi connectivity index (χ2n) is 5.68. The summed E-state index contributed by atoms with van der Waals surface area (Å²) in [6, 6.07) is 0. The van der Waals surface area contributed by atoms with E-state index in [1.54, 1.807) is 6.26 Å². The van der Waals surface area contributed by atoms with E-state index in [1.807, 2.05) is 39.8 Å². The van der Waals surface area contributed by atoms with E-state index in [0.717, 1.165) is 0 Å². The molecule has 4 nitrogen and oxygen atoms in total. The fourth-order valence-electron chi connectivity index (χ4n) is 2.03. The van der Waals surface area contributed by atoms with Gasteiger partial charge in [-0.25, -0.2) is 0 Å². The van der Waals surface area contributed by atoms with Crippen LogP contribution in [-0.4, -0.2) is 31.2 Å². The van der Waals surface area contributed by atoms with Crippen LogP contribution in [0.1, 0.15) is 27.7 Å². The maximum atomic E-state index is 6.02. The van der Waals surface area contributed by atoms with Gasteiger partial charge in [-0.2, -0.15) is 0 Å². The molecule has 0 saturated carbocycles. The molecule has 5 heteroatoms. The van der Waals surface area contributed by atoms with Crippen LogP contribution in [0.3, 0.4) is 0 Å². The summed E-state index contributed by atoms with van der Waals surface area (Å²) in [6.07, 6.45) is 5.21. The summed E-state index contributed by atoms with van der Waals surface area (Å²) in [5.41, 5.74) is -0.679. The maximum absolute atomic E-state index is 6.02. The Bertz CT molecular complexity index is 335. The van der Waals surface area contributed by atoms with Gasteiger partial charge in [0.2, 0.25) is 0 Å². The summed E-state index contributed by atoms with van der Waals surface area (Å²) < 4.78 is 22.6. The lowest BCUT2D eigenvalue weighted by molar-refractivity contribution is -0.0581. The van der Waals surface area contributed by atoms with Gasteiger partial charge in [0.25, 0.3) is 0 Å². The first-order valence-electron chi connectivity index (χ1n) is 6.25. The summed E-state index contributed by atoms with van der Waals surface area (Å²) in [5.74, 6) is -0.0498. The Balaban J connectivity index is 2.13. The van der Waals surface area contributed by atoms with Crippen LogP contribution >= 0.6 is 0 Å². The van der Waals surface area contributed by atoms with Gasteiger partial charge in [0.15, 0.2) is 6.79 Å². The molecule has 0 aromatic carbocycles. The molecule has 2 unspecified atom stereocenters. The fraction of sp³-hybridized carbons (Fsp3) is 0.692. The Hall–Kier alpha value is -0.775. The SMILES string of the molecule is C=CC(B1OC(C)(C)C(C)(C)O1)C1C=COCO1. The summed E-state index contributed by atoms with van der Waals surface area (Å²) >= 11 is 0. The number of hydrogen-bond acceptors (Lipinski definition) is 4. The van der Waals surface area contributed by atoms with Crippen molar-refractivity contribution in [3.63, 3.8) is 0 Å². The average molecular weight is 252 g/mol. The molecule has 2 rings (SSSR count). The predicted molar refractivity (Wildman–Crippen MR) is 70.0 cm³/mol. The lowest BCUT2D eigenvalue weighted by atomic mass is 9.68. The Kier molecular flexibility index (Phi) is 3.58. The fourth-order valence-corrected chi connectivity index (χ4v) is 2.03. The van der Waals surface area contributed by atoms with Crippen molar-refractivity contribution in [3.05, 3.63) is 25.0 Å². The number of rotatable bonds is 3. The summed E-state index contributed by atoms with van der Waals surface area (Å²) in [5, 5.41) is 0. The van der Waals surface area contributed by atoms with Gasteiger partial charge in [0, 0.05) is 5.82 Å². The van der Waals surface area contributed by atoms with Crippen molar-refractivity contribution in [2.45, 2.75) is 50.8 Å². The molecule has 0 bridgehead atoms. The second kappa shape index (κ2) is 4.72. The summed E-state index contributed by atoms with van der Waals surface area (Å²) in [4.78, 5) is 0. The molecular weight excluding hydrogens is 231 g/mol. The second-order valence-corrected chi connectivity index (χ2v) is 5.68. The molecule has 1 saturated heterocycles. The Morgan fingerprint density at radius 3 is 2.33 bits per heavy atom. The molecule has 2 heterocycles. The van der Waals surface area contributed by atoms with E-state index >= 15 is 0 Å². The largest absolute Gasteiger partial charge is 0.475 e. The molecule has 100 valence electrons. The highest BCUT2D eigenvalue weighted by molar-refractivity contribution is 6.48. The topological polar surface area (TPSA) is 36.9 Å². The first-order valence-corrected chi connectivity index (χ1v) is 6.25. The highest BCUT2D eigenvalue weighted by Gasteiger charge is 2.54. The van der Waals surface area contributed by atoms with E-state index < -0.39 is 0 Å². The first kappa shape index (κ1) is 13.7. The molecule has 0 aliphatic carbocycles. The van der Waals surface area contributed by atoms with Crippen molar-refractivity contribution in [1.82, 2.24) is 0 Å². The lowest BCUT2D eigenvalue weighted by Gasteiger charge is -2.32. The zero-order valence-corrected chi connectivity index (χ0v) is 11.5. The Morgan fingerprint density at radius 2 is 1.89 bits per heavy atom. The van der Waals surface area contributed by atoms with E-state index in [0.29, 0.717) is 0 Å². The average Bonchev–Trinajstić information content (AvgIpc) is 2.50. The minimum Gasteiger partial charge on any atom is -0.475 e. The van der Waals surface area contributed by atoms with Gasteiger partial charge in [-0.05, 0) is 33.8 Å². The minimum absolute atomic E-state index is 0.0498. The lowest BCUT2D eigenvalue weighted by Crippen LogP contribution is -2.41. The molecule has 0 N–H and O–H groups in total. The molecule has 0 spiro atoms. The van der Waals surface area contributed by atoms with Crippen molar-refractivity contribution in [3.8, 4) is 0 Å². The van der Waals surface area contributed by atoms with E-state index in [9.17, 15) is 0 Å². The van der Waals surface area contributed by atoms with Gasteiger partial charge in [0.1, 0.15) is 0 Å². The molecule has 0 aromatic heterocycles. The van der Waals surface area contributed by atoms with Gasteiger partial charge in [-0.15, -0.1) is 6.58 Å². The first-order chi connectivity index (χ1) is 8.37. The molecule has 2 aliphatic rings. The van der Waals surface area contributed by atoms with Gasteiger partial charge in [0.05, 0.1) is 23.6 Å². The van der Waals surface area contributed by atoms with Gasteiger partial charge in [-0.1, -0.05) is 6.08 Å². The summed E-state index contributed by atoms with van der Waals surface area (Å²) in [7, 11) is -0.347. The smallest absolute Gasteiger partial charge is 0.468 e. The monoisotopic (exact) mass is 252 g/mol. The van der Waals surface area contributed by atoms with Gasteiger partial charge in [-0.3, -0.25) is 0 Å². The molecule has 0 radical (unpaired) electrons. The molecule has 0 aromatic rings. The molecular formula is C13H21BO4. The van der Waals surface area contributed by atoms with Crippen LogP contribution in [0.4, 0.5) is 0 Å². The van der Waals surface area contributed by atoms with Gasteiger partial charge >= 0.3 is 7.12 Å². The van der Waals surface area contributed by atoms with Crippen LogP contribution in [0, 0.1) is 0 Å². The predicted octanol–water partition coefficient (Wildman–Crippen LogP) is 2.52. The normalized spacial score (nSPS) is 30.9. The van der Waals surface area contributed by atoms with Crippen LogP contribution in [0.5, 0.6) is 0 Å². The number of ether oxygens (including phenoxy) is 2. The zero-order valence-electron chi connectivity index (χ0n) is 11.5. The van der Waals surface area contributed by atoms with Crippen LogP contribution < -0.4 is 0 Å². The van der Waals surface area contributed by atoms with Crippen LogP contribution in [-0.2, 0) is 18.8 Å². The van der Waals surface area contributed by atoms with E-state index in [2.05, 4.69) is 6.58 Å². The Morgan fingerprint density at radius 1 is 1.28 bits per heavy atom. The molecule has 2 atom stereocenters. The van der Waals surface area contributed by atoms with E-state index in [4.69, 9.17) is 18.8 Å². The third kappa shape index (κ3) is 2.35. The summed E-state index contributed by atoms with van der Waals surface area (Å²) in [6.45, 7) is 12.3. The van der Waals surface area contributed by atoms with Crippen LogP contribution in [0.2, 0.25) is 5.82 Å². The standard InChI is InChI=1S/C13H21BO4/c1-6-10(11-7-8-15-9-16-11)14-17-12(2,3)13(4,5)18-14/h6-8,10-11H,1,9H2,2-5H3. The molecule has 1 fully saturated rings. The molecule has 0 amide bonds. The minimum atomic E-state index is -0.347. The molecule has 2 aliphatic heterocycles. The van der Waals surface area contributed by atoms with Crippen molar-refractivity contribution in [2.75, 3.05) is 6.79 Å². The third-order valence-electron chi connectivity index (χ3n) is 3.93. The molecule has 18 heavy (non-hydrogen) atoms. The van der Waals surface area contributed by atoms with E-state index in [1.165, 1.54) is 0 Å². The zero-order chi connectivity index (χ0) is 13.4. The highest BCUT2D eigenvalue weighted by Crippen LogP contribution is 2.41. The van der Waals surface area contributed by atoms with Crippen molar-refractivity contribution in [1.29, 1.82) is 0 Å². The van der Waals surface area contributed by atoms with Crippen LogP contribution in [0.15, 0.2) is 25.0 Å². The van der Waals surface area contributed by atoms with Crippen molar-refractivity contribution in [2.24, 2.45) is 0 Å². The van der Waals surface area contributed by atoms with E-state index in [-0.39, 0.29) is 37.0 Å². The Labute approximate surface area is 109 Å². The third-order valence-corrected chi connectivity index (χ3v) is 3.93.